The molecule has 3 N–H and O–H groups in total. The van der Waals surface area contributed by atoms with E-state index in [1.807, 2.05) is 0 Å². The summed E-state index contributed by atoms with van der Waals surface area (Å²) in [4.78, 5) is 14.5. The molecule has 1 unspecified atom stereocenters. The number of nitrogens with two attached hydrogens (primary N) is 1. The van der Waals surface area contributed by atoms with Crippen LogP contribution < -0.4 is 11.1 Å². The van der Waals surface area contributed by atoms with Crippen molar-refractivity contribution in [3.63, 3.8) is 0 Å². The molecule has 4 nitrogen and oxygen atoms in total. The molecule has 0 aromatic heterocycles. The van der Waals surface area contributed by atoms with Crippen LogP contribution >= 0.6 is 0 Å². The zero-order chi connectivity index (χ0) is 15.5. The van der Waals surface area contributed by atoms with E-state index in [0.29, 0.717) is 5.92 Å². The third-order valence-corrected chi connectivity index (χ3v) is 5.07. The Balaban J connectivity index is 1.98. The van der Waals surface area contributed by atoms with Gasteiger partial charge in [-0.3, -0.25) is 10.1 Å². The van der Waals surface area contributed by atoms with Gasteiger partial charge in [0.25, 0.3) is 0 Å². The fraction of sp³-hybridized carbons (Fsp3) is 0.941. The molecule has 2 fully saturated rings. The average Bonchev–Trinajstić information content (AvgIpc) is 3.22. The largest absolute Gasteiger partial charge is 0.368 e. The van der Waals surface area contributed by atoms with Crippen LogP contribution in [0.3, 0.4) is 0 Å². The van der Waals surface area contributed by atoms with E-state index < -0.39 is 5.54 Å². The van der Waals surface area contributed by atoms with Gasteiger partial charge in [0, 0.05) is 19.1 Å². The molecule has 2 rings (SSSR count). The van der Waals surface area contributed by atoms with Crippen molar-refractivity contribution in [2.24, 2.45) is 17.6 Å². The van der Waals surface area contributed by atoms with Crippen LogP contribution in [-0.2, 0) is 4.79 Å². The van der Waals surface area contributed by atoms with Crippen molar-refractivity contribution in [2.75, 3.05) is 20.1 Å². The van der Waals surface area contributed by atoms with Crippen LogP contribution in [0.2, 0.25) is 0 Å². The van der Waals surface area contributed by atoms with Gasteiger partial charge < -0.3 is 10.6 Å². The summed E-state index contributed by atoms with van der Waals surface area (Å²) in [7, 11) is 2.15. The number of rotatable bonds is 8. The molecule has 2 aliphatic carbocycles. The summed E-state index contributed by atoms with van der Waals surface area (Å²) in [6.07, 6.45) is 9.06. The molecule has 1 amide bonds. The molecule has 0 aliphatic heterocycles. The quantitative estimate of drug-likeness (QED) is 0.721. The number of hydrogen-bond acceptors (Lipinski definition) is 3. The number of carbonyl (C=O) groups is 1. The summed E-state index contributed by atoms with van der Waals surface area (Å²) in [6, 6.07) is 0.279. The maximum atomic E-state index is 12.2. The second-order valence-electron chi connectivity index (χ2n) is 7.61. The SMILES string of the molecule is CC(C)NC(CN(C)CC1CCCCC1)(C(N)=O)C1CC1. The first-order valence-electron chi connectivity index (χ1n) is 8.70. The summed E-state index contributed by atoms with van der Waals surface area (Å²) in [5, 5.41) is 3.51. The first kappa shape index (κ1) is 16.8. The third-order valence-electron chi connectivity index (χ3n) is 5.07. The minimum absolute atomic E-state index is 0.172. The number of nitrogens with zero attached hydrogens (tertiary/aromatic N) is 1. The zero-order valence-corrected chi connectivity index (χ0v) is 14.0. The Hall–Kier alpha value is -0.610. The number of amides is 1. The van der Waals surface area contributed by atoms with E-state index in [4.69, 9.17) is 5.73 Å². The monoisotopic (exact) mass is 295 g/mol. The van der Waals surface area contributed by atoms with Gasteiger partial charge in [0.15, 0.2) is 0 Å². The Kier molecular flexibility index (Phi) is 5.67. The molecular formula is C17H33N3O. The molecule has 4 heteroatoms. The van der Waals surface area contributed by atoms with E-state index in [2.05, 4.69) is 31.1 Å². The topological polar surface area (TPSA) is 58.4 Å². The summed E-state index contributed by atoms with van der Waals surface area (Å²) in [5.41, 5.74) is 5.28. The molecule has 2 saturated carbocycles. The summed E-state index contributed by atoms with van der Waals surface area (Å²) < 4.78 is 0. The third kappa shape index (κ3) is 4.43. The lowest BCUT2D eigenvalue weighted by Gasteiger charge is -2.38. The molecule has 0 heterocycles. The van der Waals surface area contributed by atoms with Gasteiger partial charge >= 0.3 is 0 Å². The van der Waals surface area contributed by atoms with Crippen LogP contribution in [0.4, 0.5) is 0 Å². The number of nitrogens with one attached hydrogen (secondary N) is 1. The molecule has 0 saturated heterocycles. The Bertz CT molecular complexity index is 348. The van der Waals surface area contributed by atoms with Gasteiger partial charge in [-0.1, -0.05) is 19.3 Å². The maximum absolute atomic E-state index is 12.2. The number of hydrogen-bond donors (Lipinski definition) is 2. The molecule has 0 spiro atoms. The standard InChI is InChI=1S/C17H33N3O/c1-13(2)19-17(16(18)21,15-9-10-15)12-20(3)11-14-7-5-4-6-8-14/h13-15,19H,4-12H2,1-3H3,(H2,18,21). The predicted octanol–water partition coefficient (Wildman–Crippen LogP) is 2.13. The Morgan fingerprint density at radius 2 is 1.86 bits per heavy atom. The van der Waals surface area contributed by atoms with Gasteiger partial charge in [0.1, 0.15) is 5.54 Å². The van der Waals surface area contributed by atoms with Crippen LogP contribution in [0.5, 0.6) is 0 Å². The summed E-state index contributed by atoms with van der Waals surface area (Å²) >= 11 is 0. The molecular weight excluding hydrogens is 262 g/mol. The summed E-state index contributed by atoms with van der Waals surface area (Å²) in [6.45, 7) is 6.05. The first-order valence-corrected chi connectivity index (χ1v) is 8.70. The number of likely N-dealkylation sites (N-methyl/N-ethyl adjacent to an activating group) is 1. The van der Waals surface area contributed by atoms with Gasteiger partial charge in [-0.25, -0.2) is 0 Å². The van der Waals surface area contributed by atoms with Crippen molar-refractivity contribution in [2.45, 2.75) is 70.4 Å². The normalized spacial score (nSPS) is 23.5. The molecule has 2 aliphatic rings. The van der Waals surface area contributed by atoms with Crippen LogP contribution in [-0.4, -0.2) is 42.5 Å². The Morgan fingerprint density at radius 3 is 2.33 bits per heavy atom. The fourth-order valence-electron chi connectivity index (χ4n) is 4.03. The van der Waals surface area contributed by atoms with E-state index in [1.165, 1.54) is 32.1 Å². The van der Waals surface area contributed by atoms with Crippen molar-refractivity contribution >= 4 is 5.91 Å². The van der Waals surface area contributed by atoms with Gasteiger partial charge in [0.05, 0.1) is 0 Å². The van der Waals surface area contributed by atoms with Crippen molar-refractivity contribution in [1.29, 1.82) is 0 Å². The van der Waals surface area contributed by atoms with Crippen LogP contribution in [0.25, 0.3) is 0 Å². The molecule has 21 heavy (non-hydrogen) atoms. The lowest BCUT2D eigenvalue weighted by molar-refractivity contribution is -0.126. The van der Waals surface area contributed by atoms with E-state index >= 15 is 0 Å². The van der Waals surface area contributed by atoms with Gasteiger partial charge in [-0.2, -0.15) is 0 Å². The molecule has 0 bridgehead atoms. The van der Waals surface area contributed by atoms with Gasteiger partial charge in [-0.05, 0) is 58.4 Å². The van der Waals surface area contributed by atoms with E-state index in [9.17, 15) is 4.79 Å². The smallest absolute Gasteiger partial charge is 0.239 e. The average molecular weight is 295 g/mol. The second-order valence-corrected chi connectivity index (χ2v) is 7.61. The second kappa shape index (κ2) is 7.10. The van der Waals surface area contributed by atoms with Crippen molar-refractivity contribution in [3.05, 3.63) is 0 Å². The first-order chi connectivity index (χ1) is 9.94. The highest BCUT2D eigenvalue weighted by atomic mass is 16.1. The molecule has 0 aromatic rings. The highest BCUT2D eigenvalue weighted by molar-refractivity contribution is 5.86. The Labute approximate surface area is 129 Å². The minimum Gasteiger partial charge on any atom is -0.368 e. The number of primary amides is 1. The molecule has 1 atom stereocenters. The van der Waals surface area contributed by atoms with Crippen LogP contribution in [0.15, 0.2) is 0 Å². The van der Waals surface area contributed by atoms with E-state index in [1.54, 1.807) is 0 Å². The van der Waals surface area contributed by atoms with Gasteiger partial charge in [-0.15, -0.1) is 0 Å². The van der Waals surface area contributed by atoms with E-state index in [-0.39, 0.29) is 11.9 Å². The lowest BCUT2D eigenvalue weighted by atomic mass is 9.87. The molecule has 0 aromatic carbocycles. The van der Waals surface area contributed by atoms with E-state index in [0.717, 1.165) is 31.8 Å². The minimum atomic E-state index is -0.530. The van der Waals surface area contributed by atoms with Crippen LogP contribution in [0, 0.1) is 11.8 Å². The number of carbonyl (C=O) groups excluding carboxylic acids is 1. The van der Waals surface area contributed by atoms with Crippen molar-refractivity contribution in [1.82, 2.24) is 10.2 Å². The van der Waals surface area contributed by atoms with Crippen molar-refractivity contribution in [3.8, 4) is 0 Å². The Morgan fingerprint density at radius 1 is 1.24 bits per heavy atom. The van der Waals surface area contributed by atoms with Crippen molar-refractivity contribution < 1.29 is 4.79 Å². The summed E-state index contributed by atoms with van der Waals surface area (Å²) in [5.74, 6) is 1.05. The van der Waals surface area contributed by atoms with Gasteiger partial charge in [0.2, 0.25) is 5.91 Å². The lowest BCUT2D eigenvalue weighted by Crippen LogP contribution is -2.64. The zero-order valence-electron chi connectivity index (χ0n) is 14.0. The molecule has 0 radical (unpaired) electrons. The highest BCUT2D eigenvalue weighted by Gasteiger charge is 2.50. The fourth-order valence-corrected chi connectivity index (χ4v) is 4.03. The molecule has 122 valence electrons. The maximum Gasteiger partial charge on any atom is 0.239 e. The predicted molar refractivity (Wildman–Crippen MR) is 87.0 cm³/mol. The van der Waals surface area contributed by atoms with Crippen LogP contribution in [0.1, 0.15) is 58.8 Å². The highest BCUT2D eigenvalue weighted by Crippen LogP contribution is 2.40.